The predicted octanol–water partition coefficient (Wildman–Crippen LogP) is 3.81. The quantitative estimate of drug-likeness (QED) is 0.858. The van der Waals surface area contributed by atoms with Gasteiger partial charge >= 0.3 is 0 Å². The summed E-state index contributed by atoms with van der Waals surface area (Å²) in [5.41, 5.74) is 3.07. The maximum Gasteiger partial charge on any atom is 0.253 e. The van der Waals surface area contributed by atoms with Crippen LogP contribution in [-0.4, -0.2) is 23.9 Å². The lowest BCUT2D eigenvalue weighted by atomic mass is 10.1. The lowest BCUT2D eigenvalue weighted by Crippen LogP contribution is -2.27. The van der Waals surface area contributed by atoms with E-state index in [0.29, 0.717) is 12.2 Å². The molecule has 0 unspecified atom stereocenters. The van der Waals surface area contributed by atoms with Crippen molar-refractivity contribution in [1.82, 2.24) is 4.90 Å². The molecule has 0 radical (unpaired) electrons. The Hall–Kier alpha value is -2.29. The van der Waals surface area contributed by atoms with Crippen molar-refractivity contribution in [2.75, 3.05) is 13.1 Å². The molecule has 1 aliphatic heterocycles. The average molecular weight is 295 g/mol. The fraction of sp³-hybridized carbons (Fsp3) is 0.316. The van der Waals surface area contributed by atoms with Gasteiger partial charge in [0.25, 0.3) is 5.91 Å². The van der Waals surface area contributed by atoms with E-state index in [-0.39, 0.29) is 5.91 Å². The highest BCUT2D eigenvalue weighted by Gasteiger charge is 2.19. The maximum atomic E-state index is 12.4. The molecule has 3 rings (SSSR count). The van der Waals surface area contributed by atoms with Crippen LogP contribution in [0, 0.1) is 6.92 Å². The molecule has 1 aliphatic rings. The van der Waals surface area contributed by atoms with Crippen LogP contribution in [0.2, 0.25) is 0 Å². The van der Waals surface area contributed by atoms with Gasteiger partial charge in [0.05, 0.1) is 0 Å². The van der Waals surface area contributed by atoms with Crippen LogP contribution < -0.4 is 4.74 Å². The molecule has 1 amide bonds. The molecule has 0 bridgehead atoms. The molecule has 2 aromatic carbocycles. The van der Waals surface area contributed by atoms with Crippen LogP contribution in [0.1, 0.15) is 34.3 Å². The van der Waals surface area contributed by atoms with Gasteiger partial charge in [-0.3, -0.25) is 4.79 Å². The zero-order valence-electron chi connectivity index (χ0n) is 12.9. The monoisotopic (exact) mass is 295 g/mol. The Morgan fingerprint density at radius 2 is 1.86 bits per heavy atom. The minimum Gasteiger partial charge on any atom is -0.489 e. The third-order valence-corrected chi connectivity index (χ3v) is 3.96. The van der Waals surface area contributed by atoms with E-state index >= 15 is 0 Å². The first-order chi connectivity index (χ1) is 10.7. The summed E-state index contributed by atoms with van der Waals surface area (Å²) in [6.07, 6.45) is 2.21. The molecule has 2 aromatic rings. The molecule has 3 nitrogen and oxygen atoms in total. The Morgan fingerprint density at radius 1 is 1.09 bits per heavy atom. The van der Waals surface area contributed by atoms with E-state index in [1.165, 1.54) is 5.56 Å². The molecular weight excluding hydrogens is 274 g/mol. The molecule has 1 saturated heterocycles. The number of hydrogen-bond acceptors (Lipinski definition) is 2. The highest BCUT2D eigenvalue weighted by atomic mass is 16.5. The highest BCUT2D eigenvalue weighted by Crippen LogP contribution is 2.19. The Kier molecular flexibility index (Phi) is 4.42. The molecular formula is C19H21NO2. The largest absolute Gasteiger partial charge is 0.489 e. The molecule has 0 N–H and O–H groups in total. The lowest BCUT2D eigenvalue weighted by molar-refractivity contribution is 0.0792. The normalized spacial score (nSPS) is 14.1. The summed E-state index contributed by atoms with van der Waals surface area (Å²) >= 11 is 0. The first kappa shape index (κ1) is 14.6. The Bertz CT molecular complexity index is 660. The number of aryl methyl sites for hydroxylation is 1. The zero-order chi connectivity index (χ0) is 15.4. The van der Waals surface area contributed by atoms with Gasteiger partial charge in [0, 0.05) is 18.7 Å². The number of likely N-dealkylation sites (tertiary alicyclic amines) is 1. The SMILES string of the molecule is Cc1cccc(COc2cccc(C(=O)N3CCCC3)c2)c1. The number of carbonyl (C=O) groups is 1. The van der Waals surface area contributed by atoms with Crippen LogP contribution in [0.3, 0.4) is 0 Å². The van der Waals surface area contributed by atoms with E-state index in [2.05, 4.69) is 19.1 Å². The second-order valence-corrected chi connectivity index (χ2v) is 5.80. The summed E-state index contributed by atoms with van der Waals surface area (Å²) in [6.45, 7) is 4.32. The van der Waals surface area contributed by atoms with Crippen molar-refractivity contribution < 1.29 is 9.53 Å². The fourth-order valence-electron chi connectivity index (χ4n) is 2.79. The molecule has 0 saturated carbocycles. The van der Waals surface area contributed by atoms with E-state index in [0.717, 1.165) is 37.2 Å². The summed E-state index contributed by atoms with van der Waals surface area (Å²) in [7, 11) is 0. The molecule has 0 aliphatic carbocycles. The van der Waals surface area contributed by atoms with Gasteiger partial charge in [-0.15, -0.1) is 0 Å². The minimum atomic E-state index is 0.110. The third-order valence-electron chi connectivity index (χ3n) is 3.96. The summed E-state index contributed by atoms with van der Waals surface area (Å²) in [6, 6.07) is 15.7. The van der Waals surface area contributed by atoms with Gasteiger partial charge in [0.1, 0.15) is 12.4 Å². The Labute approximate surface area is 131 Å². The average Bonchev–Trinajstić information content (AvgIpc) is 3.07. The number of amides is 1. The first-order valence-corrected chi connectivity index (χ1v) is 7.80. The maximum absolute atomic E-state index is 12.4. The van der Waals surface area contributed by atoms with Gasteiger partial charge < -0.3 is 9.64 Å². The first-order valence-electron chi connectivity index (χ1n) is 7.80. The van der Waals surface area contributed by atoms with Crippen molar-refractivity contribution in [3.8, 4) is 5.75 Å². The van der Waals surface area contributed by atoms with E-state index in [1.54, 1.807) is 0 Å². The van der Waals surface area contributed by atoms with Gasteiger partial charge in [-0.1, -0.05) is 35.9 Å². The van der Waals surface area contributed by atoms with Gasteiger partial charge in [-0.05, 0) is 43.5 Å². The molecule has 0 atom stereocenters. The minimum absolute atomic E-state index is 0.110. The number of nitrogens with zero attached hydrogens (tertiary/aromatic N) is 1. The van der Waals surface area contributed by atoms with Crippen LogP contribution in [0.25, 0.3) is 0 Å². The number of hydrogen-bond donors (Lipinski definition) is 0. The van der Waals surface area contributed by atoms with Gasteiger partial charge in [-0.2, -0.15) is 0 Å². The van der Waals surface area contributed by atoms with E-state index < -0.39 is 0 Å². The number of benzene rings is 2. The van der Waals surface area contributed by atoms with Crippen LogP contribution in [0.15, 0.2) is 48.5 Å². The number of rotatable bonds is 4. The molecule has 1 fully saturated rings. The van der Waals surface area contributed by atoms with E-state index in [4.69, 9.17) is 4.74 Å². The Morgan fingerprint density at radius 3 is 2.64 bits per heavy atom. The Balaban J connectivity index is 1.67. The van der Waals surface area contributed by atoms with E-state index in [9.17, 15) is 4.79 Å². The van der Waals surface area contributed by atoms with Crippen molar-refractivity contribution in [3.63, 3.8) is 0 Å². The fourth-order valence-corrected chi connectivity index (χ4v) is 2.79. The topological polar surface area (TPSA) is 29.5 Å². The van der Waals surface area contributed by atoms with Crippen molar-refractivity contribution in [3.05, 3.63) is 65.2 Å². The summed E-state index contributed by atoms with van der Waals surface area (Å²) in [5, 5.41) is 0. The summed E-state index contributed by atoms with van der Waals surface area (Å²) in [4.78, 5) is 14.3. The van der Waals surface area contributed by atoms with Crippen molar-refractivity contribution >= 4 is 5.91 Å². The van der Waals surface area contributed by atoms with Crippen molar-refractivity contribution in [2.45, 2.75) is 26.4 Å². The zero-order valence-corrected chi connectivity index (χ0v) is 12.9. The standard InChI is InChI=1S/C19H21NO2/c1-15-6-4-7-16(12-15)14-22-18-9-5-8-17(13-18)19(21)20-10-2-3-11-20/h4-9,12-13H,2-3,10-11,14H2,1H3. The van der Waals surface area contributed by atoms with Gasteiger partial charge in [0.2, 0.25) is 0 Å². The second kappa shape index (κ2) is 6.65. The molecule has 22 heavy (non-hydrogen) atoms. The second-order valence-electron chi connectivity index (χ2n) is 5.80. The van der Waals surface area contributed by atoms with Crippen LogP contribution in [-0.2, 0) is 6.61 Å². The molecule has 0 spiro atoms. The predicted molar refractivity (Wildman–Crippen MR) is 87.1 cm³/mol. The highest BCUT2D eigenvalue weighted by molar-refractivity contribution is 5.94. The van der Waals surface area contributed by atoms with Gasteiger partial charge in [0.15, 0.2) is 0 Å². The summed E-state index contributed by atoms with van der Waals surface area (Å²) < 4.78 is 5.83. The van der Waals surface area contributed by atoms with Crippen LogP contribution in [0.5, 0.6) is 5.75 Å². The number of carbonyl (C=O) groups excluding carboxylic acids is 1. The van der Waals surface area contributed by atoms with Crippen LogP contribution >= 0.6 is 0 Å². The van der Waals surface area contributed by atoms with Crippen molar-refractivity contribution in [1.29, 1.82) is 0 Å². The smallest absolute Gasteiger partial charge is 0.253 e. The molecule has 0 aromatic heterocycles. The summed E-state index contributed by atoms with van der Waals surface area (Å²) in [5.74, 6) is 0.852. The molecule has 1 heterocycles. The van der Waals surface area contributed by atoms with Crippen LogP contribution in [0.4, 0.5) is 0 Å². The lowest BCUT2D eigenvalue weighted by Gasteiger charge is -2.15. The number of ether oxygens (including phenoxy) is 1. The molecule has 114 valence electrons. The third kappa shape index (κ3) is 3.48. The molecule has 3 heteroatoms. The van der Waals surface area contributed by atoms with Crippen molar-refractivity contribution in [2.24, 2.45) is 0 Å². The van der Waals surface area contributed by atoms with E-state index in [1.807, 2.05) is 41.3 Å². The van der Waals surface area contributed by atoms with Gasteiger partial charge in [-0.25, -0.2) is 0 Å².